The van der Waals surface area contributed by atoms with Crippen molar-refractivity contribution in [1.82, 2.24) is 9.97 Å². The van der Waals surface area contributed by atoms with Gasteiger partial charge in [0, 0.05) is 43.3 Å². The third-order valence-electron chi connectivity index (χ3n) is 8.57. The van der Waals surface area contributed by atoms with Gasteiger partial charge in [-0.25, -0.2) is 4.98 Å². The third-order valence-corrected chi connectivity index (χ3v) is 10.6. The molecule has 0 radical (unpaired) electrons. The fraction of sp³-hybridized carbons (Fsp3) is 0.312. The van der Waals surface area contributed by atoms with E-state index in [1.54, 1.807) is 6.07 Å². The van der Waals surface area contributed by atoms with E-state index in [2.05, 4.69) is 76.7 Å². The number of benzene rings is 2. The number of rotatable bonds is 2. The fourth-order valence-electron chi connectivity index (χ4n) is 5.72. The Morgan fingerprint density at radius 3 is 2.33 bits per heavy atom. The molecule has 1 aliphatic carbocycles. The highest BCUT2D eigenvalue weighted by molar-refractivity contribution is 6.88. The quantitative estimate of drug-likeness (QED) is 0.233. The Kier molecular flexibility index (Phi) is 4.08. The Bertz CT molecular complexity index is 1780. The Hall–Kier alpha value is -3.24. The number of hydrogen-bond donors (Lipinski definition) is 0. The van der Waals surface area contributed by atoms with Crippen LogP contribution in [0, 0.1) is 6.85 Å². The molecule has 0 saturated heterocycles. The normalized spacial score (nSPS) is 17.8. The number of hydrogen-bond acceptors (Lipinski definition) is 3. The van der Waals surface area contributed by atoms with Crippen molar-refractivity contribution in [1.29, 1.82) is 0 Å². The minimum atomic E-state index is -2.35. The lowest BCUT2D eigenvalue weighted by Gasteiger charge is -2.47. The van der Waals surface area contributed by atoms with E-state index in [1.165, 1.54) is 10.8 Å². The van der Waals surface area contributed by atoms with Crippen LogP contribution in [0.4, 0.5) is 0 Å². The van der Waals surface area contributed by atoms with Crippen molar-refractivity contribution in [2.45, 2.75) is 65.0 Å². The highest BCUT2D eigenvalue weighted by Gasteiger charge is 2.48. The van der Waals surface area contributed by atoms with Crippen molar-refractivity contribution in [3.63, 3.8) is 0 Å². The zero-order valence-electron chi connectivity index (χ0n) is 25.1. The molecule has 3 nitrogen and oxygen atoms in total. The molecule has 0 unspecified atom stereocenters. The first-order chi connectivity index (χ1) is 18.1. The van der Waals surface area contributed by atoms with Crippen LogP contribution in [0.5, 0.6) is 0 Å². The lowest BCUT2D eigenvalue weighted by atomic mass is 9.56. The number of aryl methyl sites for hydroxylation is 1. The van der Waals surface area contributed by atoms with Crippen LogP contribution in [0.15, 0.2) is 65.2 Å². The molecule has 0 saturated carbocycles. The van der Waals surface area contributed by atoms with Gasteiger partial charge in [0.15, 0.2) is 0 Å². The van der Waals surface area contributed by atoms with Crippen LogP contribution in [-0.2, 0) is 10.8 Å². The second kappa shape index (κ2) is 7.39. The summed E-state index contributed by atoms with van der Waals surface area (Å²) in [7, 11) is -1.55. The monoisotopic (exact) mass is 493 g/mol. The first-order valence-electron chi connectivity index (χ1n) is 14.1. The molecule has 0 N–H and O–H groups in total. The maximum Gasteiger partial charge on any atom is 0.228 e. The zero-order chi connectivity index (χ0) is 28.1. The smallest absolute Gasteiger partial charge is 0.228 e. The standard InChI is InChI=1S/C32H34N2OSi/c1-19-16-24(20-12-10-9-11-13-20)26-22-14-15-23-27(29(22)35-30(26)34-19)32(4,5)31(2,3)25-17-21(36(6,7)8)18-33-28(23)25/h9-18H,1-8H3/i1D3. The van der Waals surface area contributed by atoms with Gasteiger partial charge in [-0.1, -0.05) is 89.8 Å². The molecule has 1 aliphatic rings. The van der Waals surface area contributed by atoms with Crippen LogP contribution < -0.4 is 5.19 Å². The maximum absolute atomic E-state index is 8.07. The molecule has 6 rings (SSSR count). The van der Waals surface area contributed by atoms with Crippen LogP contribution in [0.3, 0.4) is 0 Å². The Labute approximate surface area is 218 Å². The second-order valence-electron chi connectivity index (χ2n) is 12.2. The van der Waals surface area contributed by atoms with E-state index in [1.807, 2.05) is 30.3 Å². The molecule has 0 atom stereocenters. The first-order valence-corrected chi connectivity index (χ1v) is 16.1. The van der Waals surface area contributed by atoms with Crippen LogP contribution in [0.2, 0.25) is 19.6 Å². The topological polar surface area (TPSA) is 38.9 Å². The van der Waals surface area contributed by atoms with Crippen LogP contribution in [-0.4, -0.2) is 18.0 Å². The van der Waals surface area contributed by atoms with Crippen LogP contribution in [0.25, 0.3) is 44.5 Å². The molecule has 3 heterocycles. The van der Waals surface area contributed by atoms with Gasteiger partial charge in [-0.05, 0) is 40.9 Å². The molecule has 0 bridgehead atoms. The van der Waals surface area contributed by atoms with Crippen molar-refractivity contribution in [2.75, 3.05) is 0 Å². The van der Waals surface area contributed by atoms with Gasteiger partial charge in [-0.15, -0.1) is 0 Å². The lowest BCUT2D eigenvalue weighted by molar-refractivity contribution is 0.298. The number of pyridine rings is 2. The molecule has 0 aliphatic heterocycles. The summed E-state index contributed by atoms with van der Waals surface area (Å²) in [6, 6.07) is 18.2. The van der Waals surface area contributed by atoms with Crippen LogP contribution >= 0.6 is 0 Å². The summed E-state index contributed by atoms with van der Waals surface area (Å²) in [5.41, 5.74) is 6.79. The predicted molar refractivity (Wildman–Crippen MR) is 154 cm³/mol. The van der Waals surface area contributed by atoms with E-state index >= 15 is 0 Å². The number of fused-ring (bicyclic) bond motifs is 7. The average molecular weight is 494 g/mol. The van der Waals surface area contributed by atoms with E-state index in [0.29, 0.717) is 5.71 Å². The largest absolute Gasteiger partial charge is 0.437 e. The molecule has 182 valence electrons. The average Bonchev–Trinajstić information content (AvgIpc) is 3.24. The van der Waals surface area contributed by atoms with E-state index in [-0.39, 0.29) is 16.5 Å². The Morgan fingerprint density at radius 1 is 0.889 bits per heavy atom. The van der Waals surface area contributed by atoms with E-state index in [4.69, 9.17) is 13.5 Å². The van der Waals surface area contributed by atoms with Gasteiger partial charge in [0.05, 0.1) is 19.2 Å². The van der Waals surface area contributed by atoms with Crippen molar-refractivity contribution < 1.29 is 8.53 Å². The molecule has 36 heavy (non-hydrogen) atoms. The number of aromatic nitrogens is 2. The molecule has 0 fully saturated rings. The molecular weight excluding hydrogens is 456 g/mol. The Morgan fingerprint density at radius 2 is 1.64 bits per heavy atom. The molecule has 0 spiro atoms. The zero-order valence-corrected chi connectivity index (χ0v) is 23.1. The second-order valence-corrected chi connectivity index (χ2v) is 17.3. The highest BCUT2D eigenvalue weighted by Crippen LogP contribution is 2.56. The summed E-state index contributed by atoms with van der Waals surface area (Å²) in [4.78, 5) is 9.61. The summed E-state index contributed by atoms with van der Waals surface area (Å²) < 4.78 is 30.8. The molecule has 2 aromatic carbocycles. The summed E-state index contributed by atoms with van der Waals surface area (Å²) in [6.07, 6.45) is 2.06. The van der Waals surface area contributed by atoms with Gasteiger partial charge in [0.2, 0.25) is 5.71 Å². The predicted octanol–water partition coefficient (Wildman–Crippen LogP) is 8.13. The summed E-state index contributed by atoms with van der Waals surface area (Å²) in [5, 5.41) is 3.14. The molecule has 3 aromatic heterocycles. The van der Waals surface area contributed by atoms with Crippen molar-refractivity contribution >= 4 is 35.3 Å². The summed E-state index contributed by atoms with van der Waals surface area (Å²) >= 11 is 0. The van der Waals surface area contributed by atoms with Gasteiger partial charge in [-0.2, -0.15) is 0 Å². The first kappa shape index (κ1) is 19.9. The molecule has 4 heteroatoms. The maximum atomic E-state index is 8.07. The lowest BCUT2D eigenvalue weighted by Crippen LogP contribution is -2.46. The number of furan rings is 1. The molecule has 0 amide bonds. The molecule has 5 aromatic rings. The number of nitrogens with zero attached hydrogens (tertiary/aromatic N) is 2. The van der Waals surface area contributed by atoms with Gasteiger partial charge in [0.25, 0.3) is 0 Å². The van der Waals surface area contributed by atoms with Gasteiger partial charge < -0.3 is 4.42 Å². The fourth-order valence-corrected chi connectivity index (χ4v) is 6.75. The van der Waals surface area contributed by atoms with Crippen molar-refractivity contribution in [3.8, 4) is 22.4 Å². The minimum absolute atomic E-state index is 0.0345. The summed E-state index contributed by atoms with van der Waals surface area (Å²) in [6.45, 7) is 13.9. The Balaban J connectivity index is 1.73. The van der Waals surface area contributed by atoms with E-state index in [9.17, 15) is 0 Å². The SMILES string of the molecule is [2H]C([2H])([2H])c1cc(-c2ccccc2)c2c(n1)oc1c3c(ccc12)-c1ncc([Si](C)(C)C)cc1C(C)(C)C3(C)C. The summed E-state index contributed by atoms with van der Waals surface area (Å²) in [5.74, 6) is 0. The van der Waals surface area contributed by atoms with E-state index < -0.39 is 14.9 Å². The van der Waals surface area contributed by atoms with Crippen molar-refractivity contribution in [3.05, 3.63) is 77.6 Å². The molecular formula is C32H34N2OSi. The van der Waals surface area contributed by atoms with Crippen molar-refractivity contribution in [2.24, 2.45) is 0 Å². The minimum Gasteiger partial charge on any atom is -0.437 e. The van der Waals surface area contributed by atoms with E-state index in [0.717, 1.165) is 44.3 Å². The van der Waals surface area contributed by atoms with Gasteiger partial charge >= 0.3 is 0 Å². The highest BCUT2D eigenvalue weighted by atomic mass is 28.3. The van der Waals surface area contributed by atoms with Gasteiger partial charge in [0.1, 0.15) is 5.58 Å². The van der Waals surface area contributed by atoms with Gasteiger partial charge in [-0.3, -0.25) is 4.98 Å². The van der Waals surface area contributed by atoms with Crippen LogP contribution in [0.1, 0.15) is 48.6 Å². The third kappa shape index (κ3) is 3.10.